The van der Waals surface area contributed by atoms with Crippen molar-refractivity contribution in [1.29, 1.82) is 0 Å². The van der Waals surface area contributed by atoms with Crippen LogP contribution < -0.4 is 10.3 Å². The molecule has 28 heavy (non-hydrogen) atoms. The lowest BCUT2D eigenvalue weighted by molar-refractivity contribution is 0.305. The maximum Gasteiger partial charge on any atom is 0.258 e. The lowest BCUT2D eigenvalue weighted by Crippen LogP contribution is -2.16. The first kappa shape index (κ1) is 17.3. The highest BCUT2D eigenvalue weighted by Gasteiger charge is 2.28. The summed E-state index contributed by atoms with van der Waals surface area (Å²) in [5, 5.41) is 2.08. The first-order chi connectivity index (χ1) is 13.6. The van der Waals surface area contributed by atoms with Gasteiger partial charge in [-0.3, -0.25) is 9.36 Å². The molecule has 4 aromatic rings. The summed E-state index contributed by atoms with van der Waals surface area (Å²) in [5.74, 6) is 2.32. The molecule has 0 N–H and O–H groups in total. The van der Waals surface area contributed by atoms with Crippen LogP contribution in [0.3, 0.4) is 0 Å². The first-order valence-electron chi connectivity index (χ1n) is 9.45. The van der Waals surface area contributed by atoms with Gasteiger partial charge in [-0.1, -0.05) is 0 Å². The number of fused-ring (bicyclic) bond motifs is 1. The summed E-state index contributed by atoms with van der Waals surface area (Å²) in [6.07, 6.45) is 4.21. The van der Waals surface area contributed by atoms with Crippen molar-refractivity contribution in [2.24, 2.45) is 7.05 Å². The average Bonchev–Trinajstić information content (AvgIpc) is 3.37. The Morgan fingerprint density at radius 3 is 2.79 bits per heavy atom. The van der Waals surface area contributed by atoms with E-state index in [0.29, 0.717) is 18.3 Å². The molecule has 0 unspecified atom stereocenters. The molecule has 0 radical (unpaired) electrons. The third-order valence-electron chi connectivity index (χ3n) is 5.20. The Morgan fingerprint density at radius 1 is 1.21 bits per heavy atom. The zero-order valence-electron chi connectivity index (χ0n) is 15.9. The summed E-state index contributed by atoms with van der Waals surface area (Å²) < 4.78 is 9.58. The van der Waals surface area contributed by atoms with E-state index in [1.165, 1.54) is 17.7 Å². The van der Waals surface area contributed by atoms with Crippen LogP contribution >= 0.6 is 11.3 Å². The predicted octanol–water partition coefficient (Wildman–Crippen LogP) is 4.55. The van der Waals surface area contributed by atoms with Crippen molar-refractivity contribution in [3.63, 3.8) is 0 Å². The molecular weight excluding hydrogens is 370 g/mol. The number of imidazole rings is 1. The van der Waals surface area contributed by atoms with Gasteiger partial charge in [0, 0.05) is 35.7 Å². The summed E-state index contributed by atoms with van der Waals surface area (Å²) in [6, 6.07) is 11.5. The summed E-state index contributed by atoms with van der Waals surface area (Å²) in [6.45, 7) is 2.54. The molecule has 142 valence electrons. The van der Waals surface area contributed by atoms with E-state index in [1.54, 1.807) is 28.2 Å². The van der Waals surface area contributed by atoms with Gasteiger partial charge in [-0.25, -0.2) is 4.98 Å². The van der Waals surface area contributed by atoms with Crippen LogP contribution in [0, 0.1) is 6.92 Å². The number of aryl methyl sites for hydroxylation is 2. The molecule has 5 nitrogen and oxygen atoms in total. The van der Waals surface area contributed by atoms with E-state index >= 15 is 0 Å². The minimum absolute atomic E-state index is 0.108. The van der Waals surface area contributed by atoms with Crippen molar-refractivity contribution in [2.75, 3.05) is 0 Å². The molecule has 3 heterocycles. The van der Waals surface area contributed by atoms with E-state index in [-0.39, 0.29) is 5.56 Å². The molecule has 1 aromatic carbocycles. The Kier molecular flexibility index (Phi) is 4.09. The van der Waals surface area contributed by atoms with Crippen molar-refractivity contribution >= 4 is 22.4 Å². The van der Waals surface area contributed by atoms with E-state index in [2.05, 4.69) is 30.0 Å². The number of aromatic nitrogens is 3. The monoisotopic (exact) mass is 391 g/mol. The molecule has 1 fully saturated rings. The van der Waals surface area contributed by atoms with E-state index < -0.39 is 0 Å². The zero-order chi connectivity index (χ0) is 19.3. The number of benzene rings is 1. The number of hydrogen-bond donors (Lipinski definition) is 0. The Balaban J connectivity index is 1.42. The minimum Gasteiger partial charge on any atom is -0.489 e. The third-order valence-corrected chi connectivity index (χ3v) is 6.11. The molecule has 1 aliphatic carbocycles. The second-order valence-corrected chi connectivity index (χ2v) is 8.52. The number of nitrogens with zero attached hydrogens (tertiary/aromatic N) is 3. The molecule has 0 bridgehead atoms. The van der Waals surface area contributed by atoms with Gasteiger partial charge in [0.05, 0.1) is 16.7 Å². The number of ether oxygens (including phenoxy) is 1. The summed E-state index contributed by atoms with van der Waals surface area (Å²) in [5.41, 5.74) is 3.89. The van der Waals surface area contributed by atoms with Gasteiger partial charge >= 0.3 is 0 Å². The van der Waals surface area contributed by atoms with Crippen LogP contribution in [-0.4, -0.2) is 14.1 Å². The van der Waals surface area contributed by atoms with Crippen molar-refractivity contribution in [1.82, 2.24) is 14.1 Å². The van der Waals surface area contributed by atoms with Crippen LogP contribution in [0.4, 0.5) is 0 Å². The van der Waals surface area contributed by atoms with Gasteiger partial charge in [-0.2, -0.15) is 0 Å². The highest BCUT2D eigenvalue weighted by atomic mass is 32.1. The zero-order valence-corrected chi connectivity index (χ0v) is 16.7. The number of rotatable bonds is 5. The van der Waals surface area contributed by atoms with Gasteiger partial charge in [0.1, 0.15) is 18.2 Å². The fourth-order valence-electron chi connectivity index (χ4n) is 3.56. The summed E-state index contributed by atoms with van der Waals surface area (Å²) >= 11 is 1.70. The predicted molar refractivity (Wildman–Crippen MR) is 112 cm³/mol. The number of pyridine rings is 1. The summed E-state index contributed by atoms with van der Waals surface area (Å²) in [4.78, 5) is 18.7. The lowest BCUT2D eigenvalue weighted by atomic mass is 10.2. The maximum atomic E-state index is 12.7. The van der Waals surface area contributed by atoms with Gasteiger partial charge in [0.25, 0.3) is 5.56 Å². The standard InChI is InChI=1S/C22H21N3O2S/c1-14-9-15(13-28-14)12-27-18-7-8-25(21(26)11-18)17-5-6-19-20(10-17)24(2)22(23-19)16-3-4-16/h5-11,13,16H,3-4,12H2,1-2H3. The molecule has 6 heteroatoms. The quantitative estimate of drug-likeness (QED) is 0.501. The minimum atomic E-state index is -0.108. The van der Waals surface area contributed by atoms with Gasteiger partial charge in [0.2, 0.25) is 0 Å². The second kappa shape index (κ2) is 6.63. The van der Waals surface area contributed by atoms with Crippen LogP contribution in [0.1, 0.15) is 35.0 Å². The van der Waals surface area contributed by atoms with Crippen LogP contribution in [0.25, 0.3) is 16.7 Å². The second-order valence-electron chi connectivity index (χ2n) is 7.40. The molecule has 0 saturated heterocycles. The van der Waals surface area contributed by atoms with Gasteiger partial charge in [-0.05, 0) is 55.5 Å². The van der Waals surface area contributed by atoms with Gasteiger partial charge < -0.3 is 9.30 Å². The Labute approximate surface area is 166 Å². The largest absolute Gasteiger partial charge is 0.489 e. The molecule has 0 spiro atoms. The van der Waals surface area contributed by atoms with Crippen LogP contribution in [-0.2, 0) is 13.7 Å². The highest BCUT2D eigenvalue weighted by molar-refractivity contribution is 7.10. The maximum absolute atomic E-state index is 12.7. The Bertz CT molecular complexity index is 1230. The fraction of sp³-hybridized carbons (Fsp3) is 0.273. The SMILES string of the molecule is Cc1cc(COc2ccn(-c3ccc4nc(C5CC5)n(C)c4c3)c(=O)c2)cs1. The number of thiophene rings is 1. The topological polar surface area (TPSA) is 49.0 Å². The molecule has 1 aliphatic rings. The number of hydrogen-bond acceptors (Lipinski definition) is 4. The molecule has 0 aliphatic heterocycles. The Morgan fingerprint density at radius 2 is 2.07 bits per heavy atom. The molecular formula is C22H21N3O2S. The van der Waals surface area contributed by atoms with E-state index in [0.717, 1.165) is 28.1 Å². The van der Waals surface area contributed by atoms with Gasteiger partial charge in [-0.15, -0.1) is 11.3 Å². The van der Waals surface area contributed by atoms with Crippen molar-refractivity contribution in [3.8, 4) is 11.4 Å². The third kappa shape index (κ3) is 3.14. The van der Waals surface area contributed by atoms with E-state index in [9.17, 15) is 4.79 Å². The van der Waals surface area contributed by atoms with Crippen LogP contribution in [0.5, 0.6) is 5.75 Å². The van der Waals surface area contributed by atoms with Crippen molar-refractivity contribution in [3.05, 3.63) is 74.6 Å². The van der Waals surface area contributed by atoms with Crippen LogP contribution in [0.2, 0.25) is 0 Å². The smallest absolute Gasteiger partial charge is 0.258 e. The fourth-order valence-corrected chi connectivity index (χ4v) is 4.25. The molecule has 0 amide bonds. The molecule has 5 rings (SSSR count). The Hall–Kier alpha value is -2.86. The van der Waals surface area contributed by atoms with Crippen molar-refractivity contribution < 1.29 is 4.74 Å². The van der Waals surface area contributed by atoms with E-state index in [1.807, 2.05) is 24.3 Å². The molecule has 0 atom stereocenters. The summed E-state index contributed by atoms with van der Waals surface area (Å²) in [7, 11) is 2.05. The average molecular weight is 391 g/mol. The highest BCUT2D eigenvalue weighted by Crippen LogP contribution is 2.40. The van der Waals surface area contributed by atoms with E-state index in [4.69, 9.17) is 9.72 Å². The normalized spacial score (nSPS) is 13.9. The van der Waals surface area contributed by atoms with Gasteiger partial charge in [0.15, 0.2) is 0 Å². The first-order valence-corrected chi connectivity index (χ1v) is 10.3. The molecule has 1 saturated carbocycles. The molecule has 3 aromatic heterocycles. The van der Waals surface area contributed by atoms with Crippen molar-refractivity contribution in [2.45, 2.75) is 32.3 Å². The lowest BCUT2D eigenvalue weighted by Gasteiger charge is -2.09. The van der Waals surface area contributed by atoms with Crippen LogP contribution in [0.15, 0.2) is 52.8 Å².